The fourth-order valence-corrected chi connectivity index (χ4v) is 8.08. The smallest absolute Gasteiger partial charge is 0.352 e. The van der Waals surface area contributed by atoms with Crippen molar-refractivity contribution in [2.45, 2.75) is 93.6 Å². The zero-order chi connectivity index (χ0) is 38.2. The number of aromatic nitrogens is 5. The van der Waals surface area contributed by atoms with Gasteiger partial charge in [0.2, 0.25) is 24.3 Å². The summed E-state index contributed by atoms with van der Waals surface area (Å²) in [7, 11) is 0. The summed E-state index contributed by atoms with van der Waals surface area (Å²) in [5.41, 5.74) is -1.79. The molecule has 23 heteroatoms. The minimum Gasteiger partial charge on any atom is -0.477 e. The Morgan fingerprint density at radius 1 is 1.23 bits per heavy atom. The van der Waals surface area contributed by atoms with E-state index in [0.29, 0.717) is 12.0 Å². The number of carboxylic acids is 1. The van der Waals surface area contributed by atoms with Crippen LogP contribution >= 0.6 is 34.9 Å². The number of ether oxygens (including phenoxy) is 2. The maximum absolute atomic E-state index is 13.6. The summed E-state index contributed by atoms with van der Waals surface area (Å²) in [6.07, 6.45) is 1.46. The predicted molar refractivity (Wildman–Crippen MR) is 186 cm³/mol. The molecule has 0 saturated carbocycles. The van der Waals surface area contributed by atoms with Crippen molar-refractivity contribution >= 4 is 81.9 Å². The number of aliphatic carboxylic acids is 1. The summed E-state index contributed by atoms with van der Waals surface area (Å²) in [5, 5.41) is 33.3. The number of H-pyrrole nitrogens is 1. The van der Waals surface area contributed by atoms with Gasteiger partial charge in [-0.15, -0.1) is 33.3 Å². The third-order valence-electron chi connectivity index (χ3n) is 6.71. The lowest BCUT2D eigenvalue weighted by molar-refractivity contribution is -0.160. The molecule has 2 aromatic rings. The van der Waals surface area contributed by atoms with Crippen molar-refractivity contribution in [2.75, 3.05) is 17.7 Å². The number of oxime groups is 1. The molecule has 0 aromatic carbocycles. The molecule has 2 aliphatic rings. The number of nitrogens with zero attached hydrogens (tertiary/aromatic N) is 7. The normalized spacial score (nSPS) is 18.7. The third-order valence-corrected chi connectivity index (χ3v) is 9.98. The van der Waals surface area contributed by atoms with E-state index in [-0.39, 0.29) is 40.3 Å². The highest BCUT2D eigenvalue weighted by Gasteiger charge is 2.55. The molecule has 4 rings (SSSR count). The average Bonchev–Trinajstić information content (AvgIpc) is 3.74. The average molecular weight is 781 g/mol. The number of β-lactam (4-membered cyclic amide) rings is 1. The van der Waals surface area contributed by atoms with Crippen LogP contribution in [0.3, 0.4) is 0 Å². The number of rotatable bonds is 17. The zero-order valence-electron chi connectivity index (χ0n) is 28.8. The lowest BCUT2D eigenvalue weighted by Crippen LogP contribution is -2.71. The number of thioether (sulfide) groups is 2. The number of hydrogen-bond donors (Lipinski definition) is 4. The van der Waals surface area contributed by atoms with Gasteiger partial charge in [0.15, 0.2) is 17.1 Å². The van der Waals surface area contributed by atoms with Crippen molar-refractivity contribution in [2.24, 2.45) is 10.1 Å². The standard InChI is InChI=1S/C29H36N10O10S3/c1-28(2,3)48-17(30-12-40)8-7-16(52-27-34-37-38-35-27)14-10-50-24-20(23(44)39(24)21(14)25(45)46)33-22(43)19(15-11-51-26(32-15)31-13-41)36-47-9-18(42)49-29(4,5)6/h11,13,16-17,20,24H,7-10H2,1-6H3,(H,33,43)(H,45,46)(H,31,32,41)(H,34,35,37,38)/t16?,17?,20?,24-/m1/s1. The van der Waals surface area contributed by atoms with Gasteiger partial charge in [-0.3, -0.25) is 19.3 Å². The first kappa shape index (κ1) is 40.1. The summed E-state index contributed by atoms with van der Waals surface area (Å²) >= 11 is 3.31. The predicted octanol–water partition coefficient (Wildman–Crippen LogP) is 1.44. The molecule has 4 N–H and O–H groups in total. The molecule has 2 aliphatic heterocycles. The molecule has 0 aliphatic carbocycles. The molecule has 52 heavy (non-hydrogen) atoms. The minimum atomic E-state index is -1.37. The zero-order valence-corrected chi connectivity index (χ0v) is 31.2. The van der Waals surface area contributed by atoms with Crippen LogP contribution in [-0.4, -0.2) is 124 Å². The number of aromatic amines is 1. The lowest BCUT2D eigenvalue weighted by Gasteiger charge is -2.50. The van der Waals surface area contributed by atoms with Crippen molar-refractivity contribution in [1.82, 2.24) is 35.8 Å². The van der Waals surface area contributed by atoms with E-state index in [4.69, 9.17) is 14.3 Å². The molecule has 0 radical (unpaired) electrons. The summed E-state index contributed by atoms with van der Waals surface area (Å²) in [4.78, 5) is 88.2. The number of carboxylic acid groups (broad SMARTS) is 1. The fourth-order valence-electron chi connectivity index (χ4n) is 4.87. The number of tetrazole rings is 1. The fraction of sp³-hybridized carbons (Fsp3) is 0.552. The van der Waals surface area contributed by atoms with E-state index >= 15 is 0 Å². The third kappa shape index (κ3) is 10.7. The van der Waals surface area contributed by atoms with Crippen molar-refractivity contribution in [3.05, 3.63) is 22.3 Å². The quantitative estimate of drug-likeness (QED) is 0.0336. The highest BCUT2D eigenvalue weighted by Crippen LogP contribution is 2.44. The Hall–Kier alpha value is -4.70. The number of fused-ring (bicyclic) bond motifs is 1. The van der Waals surface area contributed by atoms with Gasteiger partial charge in [0.25, 0.3) is 11.8 Å². The Bertz CT molecular complexity index is 1760. The first-order valence-corrected chi connectivity index (χ1v) is 18.3. The van der Waals surface area contributed by atoms with E-state index in [1.54, 1.807) is 41.5 Å². The molecule has 1 saturated heterocycles. The largest absolute Gasteiger partial charge is 0.477 e. The topological polar surface area (TPSA) is 270 Å². The second-order valence-corrected chi connectivity index (χ2v) is 16.1. The summed E-state index contributed by atoms with van der Waals surface area (Å²) in [5.74, 6) is -3.62. The SMILES string of the molecule is CC(C)(C)OC(=O)CON=C(C(=O)NC1C(=O)N2C(C(=O)O)=C(C(CCC(N=C=O)OC(C)(C)C)Sc3nn[nH]n3)CS[C@H]12)c1csc(NC=O)n1. The van der Waals surface area contributed by atoms with Gasteiger partial charge in [-0.1, -0.05) is 16.9 Å². The highest BCUT2D eigenvalue weighted by atomic mass is 32.2. The van der Waals surface area contributed by atoms with E-state index in [9.17, 15) is 33.9 Å². The van der Waals surface area contributed by atoms with E-state index in [1.807, 2.05) is 0 Å². The van der Waals surface area contributed by atoms with Gasteiger partial charge in [0.05, 0.1) is 5.60 Å². The van der Waals surface area contributed by atoms with Gasteiger partial charge in [0, 0.05) is 16.4 Å². The number of aliphatic imine (C=N–C) groups is 1. The van der Waals surface area contributed by atoms with Crippen molar-refractivity contribution in [3.63, 3.8) is 0 Å². The first-order valence-electron chi connectivity index (χ1n) is 15.5. The monoisotopic (exact) mass is 780 g/mol. The molecule has 20 nitrogen and oxygen atoms in total. The van der Waals surface area contributed by atoms with Crippen LogP contribution in [0.1, 0.15) is 60.1 Å². The summed E-state index contributed by atoms with van der Waals surface area (Å²) < 4.78 is 11.1. The Balaban J connectivity index is 1.57. The van der Waals surface area contributed by atoms with Crippen LogP contribution in [0, 0.1) is 0 Å². The van der Waals surface area contributed by atoms with Crippen LogP contribution in [0.15, 0.2) is 32.0 Å². The van der Waals surface area contributed by atoms with Gasteiger partial charge >= 0.3 is 11.9 Å². The number of carbonyl (C=O) groups excluding carboxylic acids is 5. The van der Waals surface area contributed by atoms with E-state index in [1.165, 1.54) is 23.2 Å². The first-order chi connectivity index (χ1) is 24.5. The molecule has 2 aromatic heterocycles. The summed E-state index contributed by atoms with van der Waals surface area (Å²) in [6.45, 7) is 9.73. The highest BCUT2D eigenvalue weighted by molar-refractivity contribution is 8.01. The second kappa shape index (κ2) is 17.2. The number of amides is 3. The van der Waals surface area contributed by atoms with Gasteiger partial charge < -0.3 is 30.1 Å². The number of nitrogens with one attached hydrogen (secondary N) is 3. The van der Waals surface area contributed by atoms with E-state index in [2.05, 4.69) is 46.4 Å². The van der Waals surface area contributed by atoms with E-state index < -0.39 is 70.2 Å². The Morgan fingerprint density at radius 3 is 2.60 bits per heavy atom. The van der Waals surface area contributed by atoms with Crippen LogP contribution in [0.2, 0.25) is 0 Å². The molecule has 0 bridgehead atoms. The van der Waals surface area contributed by atoms with Crippen LogP contribution in [0.5, 0.6) is 0 Å². The van der Waals surface area contributed by atoms with Crippen molar-refractivity contribution in [1.29, 1.82) is 0 Å². The lowest BCUT2D eigenvalue weighted by atomic mass is 9.99. The molecular formula is C29H36N10O10S3. The number of thiazole rings is 1. The Labute approximate surface area is 308 Å². The second-order valence-electron chi connectivity index (χ2n) is 12.9. The van der Waals surface area contributed by atoms with Crippen molar-refractivity contribution in [3.8, 4) is 0 Å². The molecule has 0 spiro atoms. The molecule has 3 amide bonds. The molecule has 1 fully saturated rings. The Morgan fingerprint density at radius 2 is 1.98 bits per heavy atom. The maximum Gasteiger partial charge on any atom is 0.352 e. The number of isocyanates is 1. The van der Waals surface area contributed by atoms with Crippen LogP contribution in [-0.2, 0) is 43.1 Å². The van der Waals surface area contributed by atoms with Crippen LogP contribution in [0.25, 0.3) is 0 Å². The molecule has 4 atom stereocenters. The summed E-state index contributed by atoms with van der Waals surface area (Å²) in [6, 6.07) is -1.18. The molecular weight excluding hydrogens is 745 g/mol. The van der Waals surface area contributed by atoms with Gasteiger partial charge in [-0.25, -0.2) is 19.4 Å². The Kier molecular flexibility index (Phi) is 13.3. The number of carbonyl (C=O) groups is 5. The minimum absolute atomic E-state index is 0.0293. The van der Waals surface area contributed by atoms with Crippen molar-refractivity contribution < 1.29 is 48.2 Å². The maximum atomic E-state index is 13.6. The molecule has 3 unspecified atom stereocenters. The number of hydrogen-bond acceptors (Lipinski definition) is 18. The van der Waals surface area contributed by atoms with Gasteiger partial charge in [0.1, 0.15) is 28.4 Å². The molecule has 4 heterocycles. The number of anilines is 1. The number of esters is 1. The van der Waals surface area contributed by atoms with Crippen LogP contribution in [0.4, 0.5) is 5.13 Å². The van der Waals surface area contributed by atoms with Gasteiger partial charge in [-0.05, 0) is 65.2 Å². The molecule has 280 valence electrons. The van der Waals surface area contributed by atoms with Crippen LogP contribution < -0.4 is 10.6 Å². The van der Waals surface area contributed by atoms with E-state index in [0.717, 1.165) is 28.0 Å². The van der Waals surface area contributed by atoms with Gasteiger partial charge in [-0.2, -0.15) is 10.2 Å².